The highest BCUT2D eigenvalue weighted by Gasteiger charge is 2.37. The van der Waals surface area contributed by atoms with Gasteiger partial charge in [0.25, 0.3) is 0 Å². The highest BCUT2D eigenvalue weighted by molar-refractivity contribution is 5.83. The van der Waals surface area contributed by atoms with E-state index < -0.39 is 0 Å². The predicted octanol–water partition coefficient (Wildman–Crippen LogP) is 2.51. The van der Waals surface area contributed by atoms with Gasteiger partial charge in [-0.1, -0.05) is 12.1 Å². The van der Waals surface area contributed by atoms with Crippen LogP contribution in [0.25, 0.3) is 10.9 Å². The third-order valence-electron chi connectivity index (χ3n) is 5.32. The molecule has 4 nitrogen and oxygen atoms in total. The van der Waals surface area contributed by atoms with Gasteiger partial charge in [-0.3, -0.25) is 9.69 Å². The van der Waals surface area contributed by atoms with Crippen molar-refractivity contribution in [2.75, 3.05) is 6.54 Å². The van der Waals surface area contributed by atoms with Gasteiger partial charge in [-0.05, 0) is 37.5 Å². The third kappa shape index (κ3) is 2.22. The summed E-state index contributed by atoms with van der Waals surface area (Å²) in [7, 11) is 0. The minimum atomic E-state index is 0.215. The molecule has 4 rings (SSSR count). The molecule has 1 aromatic carbocycles. The summed E-state index contributed by atoms with van der Waals surface area (Å²) in [5, 5.41) is 4.41. The zero-order valence-electron chi connectivity index (χ0n) is 13.1. The second-order valence-corrected chi connectivity index (χ2v) is 6.52. The molecule has 2 bridgehead atoms. The number of hydrogen-bond donors (Lipinski definition) is 1. The van der Waals surface area contributed by atoms with Crippen LogP contribution in [0.1, 0.15) is 31.7 Å². The minimum absolute atomic E-state index is 0.215. The van der Waals surface area contributed by atoms with Crippen LogP contribution in [0.2, 0.25) is 0 Å². The lowest BCUT2D eigenvalue weighted by atomic mass is 10.1. The van der Waals surface area contributed by atoms with Crippen molar-refractivity contribution < 1.29 is 4.79 Å². The first-order valence-electron chi connectivity index (χ1n) is 8.35. The molecule has 0 radical (unpaired) electrons. The summed E-state index contributed by atoms with van der Waals surface area (Å²) in [6, 6.07) is 9.74. The normalized spacial score (nSPS) is 25.4. The molecular formula is C18H23N3O. The average Bonchev–Trinajstić information content (AvgIpc) is 3.05. The number of carbonyl (C=O) groups excluding carboxylic acids is 1. The molecule has 2 fully saturated rings. The third-order valence-corrected chi connectivity index (χ3v) is 5.32. The first-order valence-corrected chi connectivity index (χ1v) is 8.35. The molecule has 1 amide bonds. The molecule has 2 aliphatic rings. The molecule has 2 saturated heterocycles. The van der Waals surface area contributed by atoms with Crippen LogP contribution in [-0.2, 0) is 17.9 Å². The Morgan fingerprint density at radius 1 is 1.23 bits per heavy atom. The van der Waals surface area contributed by atoms with Gasteiger partial charge in [0.15, 0.2) is 0 Å². The second-order valence-electron chi connectivity index (χ2n) is 6.52. The topological polar surface area (TPSA) is 37.3 Å². The van der Waals surface area contributed by atoms with Crippen LogP contribution in [0, 0.1) is 0 Å². The lowest BCUT2D eigenvalue weighted by molar-refractivity contribution is -0.121. The number of aromatic nitrogens is 1. The maximum atomic E-state index is 11.8. The Kier molecular flexibility index (Phi) is 3.41. The molecule has 1 N–H and O–H groups in total. The molecule has 0 aliphatic carbocycles. The molecular weight excluding hydrogens is 274 g/mol. The minimum Gasteiger partial charge on any atom is -0.354 e. The monoisotopic (exact) mass is 297 g/mol. The highest BCUT2D eigenvalue weighted by atomic mass is 16.1. The zero-order valence-corrected chi connectivity index (χ0v) is 13.1. The first-order chi connectivity index (χ1) is 10.8. The van der Waals surface area contributed by atoms with Crippen molar-refractivity contribution in [3.8, 4) is 0 Å². The van der Waals surface area contributed by atoms with Crippen LogP contribution in [0.15, 0.2) is 30.5 Å². The van der Waals surface area contributed by atoms with Crippen LogP contribution in [0.3, 0.4) is 0 Å². The molecule has 3 heterocycles. The molecule has 22 heavy (non-hydrogen) atoms. The van der Waals surface area contributed by atoms with Crippen LogP contribution in [0.4, 0.5) is 0 Å². The van der Waals surface area contributed by atoms with E-state index in [0.717, 1.165) is 26.1 Å². The van der Waals surface area contributed by atoms with Crippen molar-refractivity contribution in [3.05, 3.63) is 36.0 Å². The lowest BCUT2D eigenvalue weighted by Gasteiger charge is -2.27. The maximum absolute atomic E-state index is 11.8. The van der Waals surface area contributed by atoms with E-state index in [2.05, 4.69) is 52.2 Å². The largest absolute Gasteiger partial charge is 0.354 e. The molecule has 2 aliphatic heterocycles. The number of hydrogen-bond acceptors (Lipinski definition) is 2. The summed E-state index contributed by atoms with van der Waals surface area (Å²) in [6.45, 7) is 4.94. The van der Waals surface area contributed by atoms with E-state index >= 15 is 0 Å². The number of carbonyl (C=O) groups is 1. The van der Waals surface area contributed by atoms with E-state index in [1.807, 2.05) is 0 Å². The van der Waals surface area contributed by atoms with E-state index in [1.54, 1.807) is 0 Å². The van der Waals surface area contributed by atoms with Crippen molar-refractivity contribution in [3.63, 3.8) is 0 Å². The summed E-state index contributed by atoms with van der Waals surface area (Å²) < 4.78 is 2.29. The SMILES string of the molecule is CCn1ccc2c(CN3[C@@H]4CC[C@H]3CNC(=O)C4)cccc21. The molecule has 0 saturated carbocycles. The van der Waals surface area contributed by atoms with Crippen molar-refractivity contribution >= 4 is 16.8 Å². The summed E-state index contributed by atoms with van der Waals surface area (Å²) in [6.07, 6.45) is 5.19. The summed E-state index contributed by atoms with van der Waals surface area (Å²) in [5.74, 6) is 0.215. The quantitative estimate of drug-likeness (QED) is 0.945. The highest BCUT2D eigenvalue weighted by Crippen LogP contribution is 2.31. The summed E-state index contributed by atoms with van der Waals surface area (Å²) >= 11 is 0. The van der Waals surface area contributed by atoms with Gasteiger partial charge in [0.05, 0.1) is 0 Å². The number of nitrogens with one attached hydrogen (secondary N) is 1. The van der Waals surface area contributed by atoms with Crippen molar-refractivity contribution in [1.82, 2.24) is 14.8 Å². The van der Waals surface area contributed by atoms with Gasteiger partial charge in [0.1, 0.15) is 0 Å². The van der Waals surface area contributed by atoms with Gasteiger partial charge in [-0.25, -0.2) is 0 Å². The van der Waals surface area contributed by atoms with Crippen molar-refractivity contribution in [2.45, 2.75) is 51.4 Å². The number of aryl methyl sites for hydroxylation is 1. The van der Waals surface area contributed by atoms with Crippen LogP contribution in [0.5, 0.6) is 0 Å². The number of fused-ring (bicyclic) bond motifs is 3. The standard InChI is InChI=1S/C18H23N3O/c1-2-20-9-8-16-13(4-3-5-17(16)20)12-21-14-6-7-15(21)11-19-18(22)10-14/h3-5,8-9,14-15H,2,6-7,10-12H2,1H3,(H,19,22)/t14-,15+/m1/s1. The predicted molar refractivity (Wildman–Crippen MR) is 87.6 cm³/mol. The first kappa shape index (κ1) is 13.8. The fourth-order valence-electron chi connectivity index (χ4n) is 4.13. The summed E-state index contributed by atoms with van der Waals surface area (Å²) in [5.41, 5.74) is 2.70. The number of benzene rings is 1. The maximum Gasteiger partial charge on any atom is 0.221 e. The Bertz CT molecular complexity index is 705. The Labute approximate surface area is 131 Å². The molecule has 1 aromatic heterocycles. The Morgan fingerprint density at radius 3 is 2.95 bits per heavy atom. The number of amides is 1. The molecule has 0 unspecified atom stereocenters. The molecule has 2 atom stereocenters. The molecule has 116 valence electrons. The molecule has 2 aromatic rings. The van der Waals surface area contributed by atoms with Gasteiger partial charge in [0.2, 0.25) is 5.91 Å². The van der Waals surface area contributed by atoms with E-state index in [-0.39, 0.29) is 5.91 Å². The fourth-order valence-corrected chi connectivity index (χ4v) is 4.13. The second kappa shape index (κ2) is 5.43. The fraction of sp³-hybridized carbons (Fsp3) is 0.500. The van der Waals surface area contributed by atoms with Gasteiger partial charge >= 0.3 is 0 Å². The van der Waals surface area contributed by atoms with Crippen LogP contribution >= 0.6 is 0 Å². The zero-order chi connectivity index (χ0) is 15.1. The molecule has 4 heteroatoms. The van der Waals surface area contributed by atoms with Gasteiger partial charge in [-0.15, -0.1) is 0 Å². The van der Waals surface area contributed by atoms with E-state index in [4.69, 9.17) is 0 Å². The Balaban J connectivity index is 1.66. The molecule has 0 spiro atoms. The summed E-state index contributed by atoms with van der Waals surface area (Å²) in [4.78, 5) is 14.3. The number of rotatable bonds is 3. The van der Waals surface area contributed by atoms with Crippen LogP contribution < -0.4 is 5.32 Å². The smallest absolute Gasteiger partial charge is 0.221 e. The van der Waals surface area contributed by atoms with E-state index in [9.17, 15) is 4.79 Å². The van der Waals surface area contributed by atoms with Gasteiger partial charge < -0.3 is 9.88 Å². The Morgan fingerprint density at radius 2 is 2.09 bits per heavy atom. The number of nitrogens with zero attached hydrogens (tertiary/aromatic N) is 2. The average molecular weight is 297 g/mol. The van der Waals surface area contributed by atoms with Gasteiger partial charge in [-0.2, -0.15) is 0 Å². The lowest BCUT2D eigenvalue weighted by Crippen LogP contribution is -2.37. The van der Waals surface area contributed by atoms with Crippen molar-refractivity contribution in [1.29, 1.82) is 0 Å². The Hall–Kier alpha value is -1.81. The van der Waals surface area contributed by atoms with Gasteiger partial charge in [0, 0.05) is 55.2 Å². The van der Waals surface area contributed by atoms with Crippen LogP contribution in [-0.4, -0.2) is 34.0 Å². The van der Waals surface area contributed by atoms with Crippen molar-refractivity contribution in [2.24, 2.45) is 0 Å². The van der Waals surface area contributed by atoms with E-state index in [1.165, 1.54) is 22.9 Å². The van der Waals surface area contributed by atoms with E-state index in [0.29, 0.717) is 18.5 Å².